The first-order valence-corrected chi connectivity index (χ1v) is 27.2. The van der Waals surface area contributed by atoms with Crippen molar-refractivity contribution in [2.45, 2.75) is 111 Å². The fourth-order valence-corrected chi connectivity index (χ4v) is 9.85. The quantitative estimate of drug-likeness (QED) is 0.0526. The summed E-state index contributed by atoms with van der Waals surface area (Å²) in [7, 11) is 0. The molecule has 2 aromatic carbocycles. The van der Waals surface area contributed by atoms with Crippen molar-refractivity contribution in [2.75, 3.05) is 32.7 Å². The van der Waals surface area contributed by atoms with Crippen molar-refractivity contribution in [3.8, 4) is 46.3 Å². The van der Waals surface area contributed by atoms with Gasteiger partial charge < -0.3 is 53.4 Å². The van der Waals surface area contributed by atoms with E-state index in [2.05, 4.69) is 54.6 Å². The molecular formula is C60H71N9O10. The SMILES string of the molecule is CCCC(=O)N1C[C@@H]2C(C#Cc3ccc(-c4cc(Cn5ccnc5[C@H](C)OC(=O)CCNC(=O)OC(C)(C)C)no4)cc3)[C@@H]2C1.CCCC(=O)O.C[C@H](O)c1nccn1Cc1cc(-c2ccc(C#CC3[C@H]4CNC[C@@H]34)cc2)on1. The number of rotatable bonds is 16. The maximum Gasteiger partial charge on any atom is 0.407 e. The average molecular weight is 1080 g/mol. The van der Waals surface area contributed by atoms with Gasteiger partial charge in [-0.05, 0) is 133 Å². The lowest BCUT2D eigenvalue weighted by Crippen LogP contribution is -2.33. The van der Waals surface area contributed by atoms with Crippen molar-refractivity contribution >= 4 is 23.9 Å². The lowest BCUT2D eigenvalue weighted by atomic mass is 10.1. The predicted octanol–water partition coefficient (Wildman–Crippen LogP) is 8.29. The number of alkyl carbamates (subject to hydrolysis) is 1. The maximum atomic E-state index is 12.3. The third-order valence-corrected chi connectivity index (χ3v) is 14.0. The second-order valence-electron chi connectivity index (χ2n) is 21.4. The number of piperidine rings is 2. The number of hydrogen-bond acceptors (Lipinski definition) is 14. The highest BCUT2D eigenvalue weighted by molar-refractivity contribution is 5.77. The molecule has 4 N–H and O–H groups in total. The number of aliphatic carboxylic acids is 1. The van der Waals surface area contributed by atoms with E-state index in [1.807, 2.05) is 94.7 Å². The molecule has 0 bridgehead atoms. The molecule has 6 heterocycles. The van der Waals surface area contributed by atoms with Gasteiger partial charge in [0.25, 0.3) is 0 Å². The molecule has 2 unspecified atom stereocenters. The molecule has 4 aromatic heterocycles. The molecule has 2 amide bonds. The van der Waals surface area contributed by atoms with Gasteiger partial charge in [-0.2, -0.15) is 0 Å². The fourth-order valence-electron chi connectivity index (χ4n) is 9.85. The molecule has 4 fully saturated rings. The standard InChI is InChI=1S/C34H41N5O6.C22H22N4O2.C4H8O2/c1-6-7-30(40)39-20-27-26(28(27)21-39)13-10-23-8-11-24(12-9-23)29-18-25(37-45-29)19-38-17-16-35-32(38)22(2)43-31(41)14-15-36-33(42)44-34(3,4)5;1-14(27)22-24-8-9-26(22)13-17-10-21(28-25-17)16-5-2-15(3-6-16)4-7-18-19-11-23-12-20(18)19;1-2-3-4(5)6/h8-9,11-12,16-18,22,26-28H,6-7,14-15,19-21H2,1-5H3,(H,36,42);2-3,5-6,8-10,14,18-20,23,27H,11-13H2,1H3;2-3H2,1H3,(H,5,6)/t22-,26?,27-,28+;14-,18?,19-,20+;/m00./s1. The molecule has 0 radical (unpaired) electrons. The van der Waals surface area contributed by atoms with Crippen LogP contribution in [0.4, 0.5) is 4.79 Å². The zero-order valence-electron chi connectivity index (χ0n) is 46.0. The van der Waals surface area contributed by atoms with Crippen LogP contribution in [0.5, 0.6) is 0 Å². The first-order valence-electron chi connectivity index (χ1n) is 27.2. The topological polar surface area (TPSA) is 242 Å². The van der Waals surface area contributed by atoms with Gasteiger partial charge in [0.1, 0.15) is 34.7 Å². The van der Waals surface area contributed by atoms with Gasteiger partial charge in [-0.1, -0.05) is 47.8 Å². The highest BCUT2D eigenvalue weighted by Crippen LogP contribution is 2.51. The molecule has 10 rings (SSSR count). The van der Waals surface area contributed by atoms with E-state index in [0.717, 1.165) is 84.6 Å². The molecular weight excluding hydrogens is 1010 g/mol. The number of carboxylic acid groups (broad SMARTS) is 1. The Morgan fingerprint density at radius 1 is 0.747 bits per heavy atom. The first kappa shape index (κ1) is 57.2. The maximum absolute atomic E-state index is 12.3. The van der Waals surface area contributed by atoms with Crippen LogP contribution in [0.25, 0.3) is 22.6 Å². The van der Waals surface area contributed by atoms with Crippen molar-refractivity contribution in [2.24, 2.45) is 35.5 Å². The smallest absolute Gasteiger partial charge is 0.407 e. The van der Waals surface area contributed by atoms with Crippen LogP contribution in [0.2, 0.25) is 0 Å². The first-order chi connectivity index (χ1) is 38.0. The number of ether oxygens (including phenoxy) is 2. The molecule has 2 aliphatic heterocycles. The Hall–Kier alpha value is -8.00. The Morgan fingerprint density at radius 2 is 1.25 bits per heavy atom. The summed E-state index contributed by atoms with van der Waals surface area (Å²) in [5.74, 6) is 18.6. The van der Waals surface area contributed by atoms with Gasteiger partial charge in [0.05, 0.1) is 19.5 Å². The molecule has 2 aliphatic carbocycles. The Kier molecular flexibility index (Phi) is 18.9. The van der Waals surface area contributed by atoms with Crippen LogP contribution in [-0.4, -0.2) is 107 Å². The van der Waals surface area contributed by atoms with Gasteiger partial charge in [-0.3, -0.25) is 14.4 Å². The van der Waals surface area contributed by atoms with Gasteiger partial charge >= 0.3 is 18.0 Å². The van der Waals surface area contributed by atoms with Gasteiger partial charge in [0.2, 0.25) is 5.91 Å². The zero-order valence-corrected chi connectivity index (χ0v) is 46.0. The predicted molar refractivity (Wildman–Crippen MR) is 292 cm³/mol. The highest BCUT2D eigenvalue weighted by atomic mass is 16.6. The number of aliphatic hydroxyl groups excluding tert-OH is 1. The lowest BCUT2D eigenvalue weighted by Gasteiger charge is -2.19. The number of imidazole rings is 2. The Labute approximate surface area is 460 Å². The normalized spacial score (nSPS) is 20.0. The second kappa shape index (κ2) is 26.1. The van der Waals surface area contributed by atoms with Crippen LogP contribution in [0.15, 0.2) is 94.5 Å². The number of amides is 2. The van der Waals surface area contributed by atoms with Crippen LogP contribution in [0, 0.1) is 59.2 Å². The van der Waals surface area contributed by atoms with Crippen molar-refractivity contribution in [3.63, 3.8) is 0 Å². The molecule has 2 saturated heterocycles. The van der Waals surface area contributed by atoms with Crippen molar-refractivity contribution in [3.05, 3.63) is 120 Å². The van der Waals surface area contributed by atoms with E-state index in [-0.39, 0.29) is 18.9 Å². The van der Waals surface area contributed by atoms with Crippen LogP contribution >= 0.6 is 0 Å². The van der Waals surface area contributed by atoms with Gasteiger partial charge in [0.15, 0.2) is 17.6 Å². The molecule has 6 aromatic rings. The Balaban J connectivity index is 0.000000204. The summed E-state index contributed by atoms with van der Waals surface area (Å²) in [5.41, 5.74) is 4.69. The number of fused-ring (bicyclic) bond motifs is 2. The largest absolute Gasteiger partial charge is 0.481 e. The van der Waals surface area contributed by atoms with Gasteiger partial charge in [0, 0.05) is 103 Å². The summed E-state index contributed by atoms with van der Waals surface area (Å²) in [5, 5.41) is 32.0. The molecule has 79 heavy (non-hydrogen) atoms. The van der Waals surface area contributed by atoms with Crippen LogP contribution in [0.1, 0.15) is 127 Å². The molecule has 19 nitrogen and oxygen atoms in total. The third kappa shape index (κ3) is 15.8. The monoisotopic (exact) mass is 1080 g/mol. The number of nitrogens with zero attached hydrogens (tertiary/aromatic N) is 7. The summed E-state index contributed by atoms with van der Waals surface area (Å²) in [6, 6.07) is 19.8. The number of aromatic nitrogens is 6. The Bertz CT molecular complexity index is 3140. The lowest BCUT2D eigenvalue weighted by molar-refractivity contribution is -0.149. The minimum atomic E-state index is -0.711. The third-order valence-electron chi connectivity index (χ3n) is 14.0. The van der Waals surface area contributed by atoms with E-state index in [0.29, 0.717) is 72.7 Å². The zero-order chi connectivity index (χ0) is 56.2. The van der Waals surface area contributed by atoms with E-state index in [9.17, 15) is 24.3 Å². The van der Waals surface area contributed by atoms with Crippen LogP contribution in [-0.2, 0) is 36.9 Å². The van der Waals surface area contributed by atoms with Gasteiger partial charge in [-0.15, -0.1) is 0 Å². The number of nitrogens with one attached hydrogen (secondary N) is 2. The van der Waals surface area contributed by atoms with E-state index in [1.165, 1.54) is 0 Å². The molecule has 0 spiro atoms. The molecule has 4 aliphatic rings. The number of carbonyl (C=O) groups is 4. The fraction of sp³-hybridized carbons (Fsp3) is 0.467. The van der Waals surface area contributed by atoms with Crippen molar-refractivity contribution < 1.29 is 47.9 Å². The molecule has 19 heteroatoms. The Morgan fingerprint density at radius 3 is 1.73 bits per heavy atom. The highest BCUT2D eigenvalue weighted by Gasteiger charge is 2.56. The summed E-state index contributed by atoms with van der Waals surface area (Å²) in [6.07, 6.45) is 7.67. The van der Waals surface area contributed by atoms with Crippen LogP contribution in [0.3, 0.4) is 0 Å². The summed E-state index contributed by atoms with van der Waals surface area (Å²) >= 11 is 0. The van der Waals surface area contributed by atoms with Crippen molar-refractivity contribution in [1.82, 2.24) is 44.9 Å². The van der Waals surface area contributed by atoms with E-state index in [1.54, 1.807) is 53.2 Å². The van der Waals surface area contributed by atoms with E-state index < -0.39 is 35.8 Å². The number of esters is 1. The molecule has 8 atom stereocenters. The van der Waals surface area contributed by atoms with Crippen molar-refractivity contribution in [1.29, 1.82) is 0 Å². The minimum absolute atomic E-state index is 0.00293. The summed E-state index contributed by atoms with van der Waals surface area (Å²) in [6.45, 7) is 17.5. The second-order valence-corrected chi connectivity index (χ2v) is 21.4. The number of benzene rings is 2. The number of likely N-dealkylation sites (tertiary alicyclic amines) is 1. The number of carboxylic acids is 1. The van der Waals surface area contributed by atoms with Crippen LogP contribution < -0.4 is 10.6 Å². The number of aliphatic hydroxyl groups is 1. The summed E-state index contributed by atoms with van der Waals surface area (Å²) in [4.78, 5) is 56.4. The van der Waals surface area contributed by atoms with E-state index >= 15 is 0 Å². The molecule has 2 saturated carbocycles. The van der Waals surface area contributed by atoms with Gasteiger partial charge in [-0.25, -0.2) is 14.8 Å². The van der Waals surface area contributed by atoms with E-state index in [4.69, 9.17) is 23.6 Å². The molecule has 416 valence electrons. The average Bonchev–Trinajstić information content (AvgIpc) is 4.15. The minimum Gasteiger partial charge on any atom is -0.481 e. The number of hydrogen-bond donors (Lipinski definition) is 4. The summed E-state index contributed by atoms with van der Waals surface area (Å²) < 4.78 is 25.6. The number of carbonyl (C=O) groups excluding carboxylic acids is 3.